The van der Waals surface area contributed by atoms with E-state index in [-0.39, 0.29) is 29.8 Å². The van der Waals surface area contributed by atoms with E-state index in [4.69, 9.17) is 5.11 Å². The van der Waals surface area contributed by atoms with Gasteiger partial charge in [0, 0.05) is 17.9 Å². The van der Waals surface area contributed by atoms with Crippen LogP contribution in [-0.2, 0) is 11.2 Å². The van der Waals surface area contributed by atoms with Crippen molar-refractivity contribution in [3.05, 3.63) is 47.1 Å². The van der Waals surface area contributed by atoms with Gasteiger partial charge in [0.25, 0.3) is 0 Å². The minimum atomic E-state index is -0.841. The van der Waals surface area contributed by atoms with Crippen molar-refractivity contribution in [1.29, 1.82) is 0 Å². The van der Waals surface area contributed by atoms with Crippen LogP contribution in [-0.4, -0.2) is 21.3 Å². The summed E-state index contributed by atoms with van der Waals surface area (Å²) in [5, 5.41) is 29.7. The quantitative estimate of drug-likeness (QED) is 0.670. The monoisotopic (exact) mass is 330 g/mol. The molecule has 1 aromatic carbocycles. The molecule has 0 amide bonds. The number of aliphatic carboxylic acids is 1. The SMILES string of the molecule is C=C(C)[C@@H]1CCC(C)=C[C@H]1c1c(O)cc(CCCC(=O)O)cc1O. The predicted octanol–water partition coefficient (Wildman–Crippen LogP) is 4.52. The number of allylic oxidation sites excluding steroid dienone is 3. The van der Waals surface area contributed by atoms with Crippen molar-refractivity contribution in [2.45, 2.75) is 51.9 Å². The Morgan fingerprint density at radius 1 is 1.29 bits per heavy atom. The van der Waals surface area contributed by atoms with Gasteiger partial charge in [-0.3, -0.25) is 4.79 Å². The van der Waals surface area contributed by atoms with Crippen LogP contribution in [0.3, 0.4) is 0 Å². The molecule has 1 aliphatic carbocycles. The molecular formula is C20H26O4. The van der Waals surface area contributed by atoms with Gasteiger partial charge in [0.05, 0.1) is 0 Å². The van der Waals surface area contributed by atoms with Crippen LogP contribution in [0.1, 0.15) is 56.6 Å². The molecule has 1 aliphatic rings. The summed E-state index contributed by atoms with van der Waals surface area (Å²) in [6.07, 6.45) is 5.14. The molecule has 2 rings (SSSR count). The Morgan fingerprint density at radius 2 is 1.92 bits per heavy atom. The molecule has 24 heavy (non-hydrogen) atoms. The Morgan fingerprint density at radius 3 is 2.46 bits per heavy atom. The smallest absolute Gasteiger partial charge is 0.303 e. The number of aromatic hydroxyl groups is 2. The minimum Gasteiger partial charge on any atom is -0.507 e. The molecule has 0 spiro atoms. The average molecular weight is 330 g/mol. The maximum atomic E-state index is 10.6. The van der Waals surface area contributed by atoms with Crippen molar-refractivity contribution in [3.63, 3.8) is 0 Å². The molecule has 2 atom stereocenters. The van der Waals surface area contributed by atoms with E-state index < -0.39 is 5.97 Å². The topological polar surface area (TPSA) is 77.8 Å². The van der Waals surface area contributed by atoms with Crippen LogP contribution in [0, 0.1) is 5.92 Å². The van der Waals surface area contributed by atoms with Crippen LogP contribution in [0.2, 0.25) is 0 Å². The summed E-state index contributed by atoms with van der Waals surface area (Å²) in [7, 11) is 0. The number of hydrogen-bond donors (Lipinski definition) is 3. The highest BCUT2D eigenvalue weighted by molar-refractivity contribution is 5.66. The third-order valence-corrected chi connectivity index (χ3v) is 4.77. The number of carboxylic acids is 1. The Bertz CT molecular complexity index is 649. The third-order valence-electron chi connectivity index (χ3n) is 4.77. The number of phenolic OH excluding ortho intramolecular Hbond substituents is 2. The molecule has 0 bridgehead atoms. The van der Waals surface area contributed by atoms with E-state index in [0.29, 0.717) is 18.4 Å². The number of phenols is 2. The van der Waals surface area contributed by atoms with Crippen molar-refractivity contribution < 1.29 is 20.1 Å². The van der Waals surface area contributed by atoms with E-state index >= 15 is 0 Å². The van der Waals surface area contributed by atoms with Gasteiger partial charge in [0.2, 0.25) is 0 Å². The Kier molecular flexibility index (Phi) is 5.71. The zero-order valence-electron chi connectivity index (χ0n) is 14.4. The molecule has 0 saturated heterocycles. The average Bonchev–Trinajstić information content (AvgIpc) is 2.45. The molecule has 3 N–H and O–H groups in total. The molecule has 0 radical (unpaired) electrons. The number of hydrogen-bond acceptors (Lipinski definition) is 3. The molecule has 0 unspecified atom stereocenters. The maximum Gasteiger partial charge on any atom is 0.303 e. The number of carbonyl (C=O) groups is 1. The van der Waals surface area contributed by atoms with Crippen LogP contribution >= 0.6 is 0 Å². The maximum absolute atomic E-state index is 10.6. The lowest BCUT2D eigenvalue weighted by atomic mass is 9.73. The zero-order valence-corrected chi connectivity index (χ0v) is 14.4. The molecule has 4 heteroatoms. The highest BCUT2D eigenvalue weighted by Crippen LogP contribution is 2.46. The number of carboxylic acid groups (broad SMARTS) is 1. The molecule has 0 aliphatic heterocycles. The van der Waals surface area contributed by atoms with Crippen LogP contribution in [0.4, 0.5) is 0 Å². The van der Waals surface area contributed by atoms with Gasteiger partial charge in [0.15, 0.2) is 0 Å². The molecular weight excluding hydrogens is 304 g/mol. The first-order chi connectivity index (χ1) is 11.3. The third kappa shape index (κ3) is 4.19. The van der Waals surface area contributed by atoms with Gasteiger partial charge in [-0.1, -0.05) is 23.8 Å². The van der Waals surface area contributed by atoms with Crippen LogP contribution in [0.5, 0.6) is 11.5 Å². The van der Waals surface area contributed by atoms with E-state index in [9.17, 15) is 15.0 Å². The summed E-state index contributed by atoms with van der Waals surface area (Å²) in [5.41, 5.74) is 3.59. The van der Waals surface area contributed by atoms with Crippen LogP contribution < -0.4 is 0 Å². The summed E-state index contributed by atoms with van der Waals surface area (Å²) >= 11 is 0. The molecule has 0 saturated carbocycles. The van der Waals surface area contributed by atoms with Crippen molar-refractivity contribution in [1.82, 2.24) is 0 Å². The van der Waals surface area contributed by atoms with Gasteiger partial charge < -0.3 is 15.3 Å². The lowest BCUT2D eigenvalue weighted by Gasteiger charge is -2.31. The Balaban J connectivity index is 2.31. The predicted molar refractivity (Wildman–Crippen MR) is 94.4 cm³/mol. The summed E-state index contributed by atoms with van der Waals surface area (Å²) < 4.78 is 0. The fourth-order valence-electron chi connectivity index (χ4n) is 3.52. The van der Waals surface area contributed by atoms with E-state index in [1.807, 2.05) is 6.92 Å². The summed E-state index contributed by atoms with van der Waals surface area (Å²) in [5.74, 6) is -0.579. The molecule has 0 aromatic heterocycles. The van der Waals surface area contributed by atoms with E-state index in [1.54, 1.807) is 12.1 Å². The van der Waals surface area contributed by atoms with Gasteiger partial charge >= 0.3 is 5.97 Å². The number of rotatable bonds is 6. The molecule has 0 fully saturated rings. The van der Waals surface area contributed by atoms with E-state index in [2.05, 4.69) is 19.6 Å². The van der Waals surface area contributed by atoms with Gasteiger partial charge in [-0.15, -0.1) is 0 Å². The van der Waals surface area contributed by atoms with Crippen molar-refractivity contribution >= 4 is 5.97 Å². The summed E-state index contributed by atoms with van der Waals surface area (Å²) in [4.78, 5) is 10.6. The second-order valence-corrected chi connectivity index (χ2v) is 6.83. The van der Waals surface area contributed by atoms with Gasteiger partial charge in [-0.05, 0) is 63.1 Å². The fourth-order valence-corrected chi connectivity index (χ4v) is 3.52. The fraction of sp³-hybridized carbons (Fsp3) is 0.450. The van der Waals surface area contributed by atoms with Crippen LogP contribution in [0.25, 0.3) is 0 Å². The number of benzene rings is 1. The second kappa shape index (κ2) is 7.56. The lowest BCUT2D eigenvalue weighted by molar-refractivity contribution is -0.137. The first-order valence-corrected chi connectivity index (χ1v) is 8.38. The molecule has 130 valence electrons. The van der Waals surface area contributed by atoms with Crippen LogP contribution in [0.15, 0.2) is 35.9 Å². The Labute approximate surface area is 143 Å². The molecule has 1 aromatic rings. The van der Waals surface area contributed by atoms with Crippen molar-refractivity contribution in [2.75, 3.05) is 0 Å². The first-order valence-electron chi connectivity index (χ1n) is 8.38. The number of aryl methyl sites for hydroxylation is 1. The lowest BCUT2D eigenvalue weighted by Crippen LogP contribution is -2.17. The Hall–Kier alpha value is -2.23. The van der Waals surface area contributed by atoms with Gasteiger partial charge in [0.1, 0.15) is 11.5 Å². The normalized spacial score (nSPS) is 20.5. The second-order valence-electron chi connectivity index (χ2n) is 6.83. The van der Waals surface area contributed by atoms with Crippen molar-refractivity contribution in [3.8, 4) is 11.5 Å². The highest BCUT2D eigenvalue weighted by atomic mass is 16.4. The minimum absolute atomic E-state index is 0.0718. The van der Waals surface area contributed by atoms with Gasteiger partial charge in [-0.25, -0.2) is 0 Å². The van der Waals surface area contributed by atoms with Crippen molar-refractivity contribution in [2.24, 2.45) is 5.92 Å². The van der Waals surface area contributed by atoms with E-state index in [1.165, 1.54) is 5.57 Å². The largest absolute Gasteiger partial charge is 0.507 e. The first kappa shape index (κ1) is 18.1. The summed E-state index contributed by atoms with van der Waals surface area (Å²) in [6.45, 7) is 8.12. The zero-order chi connectivity index (χ0) is 17.9. The van der Waals surface area contributed by atoms with E-state index in [0.717, 1.165) is 24.0 Å². The highest BCUT2D eigenvalue weighted by Gasteiger charge is 2.30. The standard InChI is InChI=1S/C20H26O4/c1-12(2)15-8-7-13(3)9-16(15)20-17(21)10-14(11-18(20)22)5-4-6-19(23)24/h9-11,15-16,21-22H,1,4-8H2,2-3H3,(H,23,24)/t15-,16+/m0/s1. The van der Waals surface area contributed by atoms with Gasteiger partial charge in [-0.2, -0.15) is 0 Å². The molecule has 0 heterocycles. The molecule has 4 nitrogen and oxygen atoms in total. The summed E-state index contributed by atoms with van der Waals surface area (Å²) in [6, 6.07) is 3.29.